The van der Waals surface area contributed by atoms with Crippen molar-refractivity contribution < 1.29 is 0 Å². The second-order valence-electron chi connectivity index (χ2n) is 11.2. The van der Waals surface area contributed by atoms with E-state index >= 15 is 0 Å². The SMILES string of the molecule is N#Cc1ccc2c(c1)c1cc(C#N)ccc1n2-c1cccc(-n2c3ccc(C#N)cc3c3ccc4sc5ccccc5c4c32)c1. The van der Waals surface area contributed by atoms with Crippen molar-refractivity contribution in [2.45, 2.75) is 0 Å². The standard InChI is InChI=1S/C39H19N5S/c40-20-23-10-14-35-30(16-23)28-11-15-37-38(29-6-1-2-7-36(29)45-37)39(28)44(35)27-5-3-4-26(19-27)43-33-12-8-24(21-41)17-31(33)32-18-25(22-42)9-13-34(32)43/h1-19H. The first-order valence-electron chi connectivity index (χ1n) is 14.4. The summed E-state index contributed by atoms with van der Waals surface area (Å²) in [6.07, 6.45) is 0. The highest BCUT2D eigenvalue weighted by atomic mass is 32.1. The molecule has 3 heterocycles. The average molecular weight is 590 g/mol. The van der Waals surface area contributed by atoms with Crippen molar-refractivity contribution in [3.05, 3.63) is 132 Å². The number of thiophene rings is 1. The lowest BCUT2D eigenvalue weighted by atomic mass is 10.1. The quantitative estimate of drug-likeness (QED) is 0.201. The highest BCUT2D eigenvalue weighted by Gasteiger charge is 2.20. The van der Waals surface area contributed by atoms with Gasteiger partial charge in [0.05, 0.1) is 57.0 Å². The molecule has 45 heavy (non-hydrogen) atoms. The summed E-state index contributed by atoms with van der Waals surface area (Å²) in [7, 11) is 0. The summed E-state index contributed by atoms with van der Waals surface area (Å²) in [5.74, 6) is 0. The number of fused-ring (bicyclic) bond motifs is 10. The van der Waals surface area contributed by atoms with Gasteiger partial charge >= 0.3 is 0 Å². The fraction of sp³-hybridized carbons (Fsp3) is 0. The van der Waals surface area contributed by atoms with Crippen LogP contribution in [-0.4, -0.2) is 9.13 Å². The van der Waals surface area contributed by atoms with Crippen LogP contribution in [-0.2, 0) is 0 Å². The monoisotopic (exact) mass is 589 g/mol. The Morgan fingerprint density at radius 2 is 1.00 bits per heavy atom. The third-order valence-electron chi connectivity index (χ3n) is 8.77. The van der Waals surface area contributed by atoms with Crippen LogP contribution in [0.25, 0.3) is 75.2 Å². The van der Waals surface area contributed by atoms with Crippen molar-refractivity contribution in [1.29, 1.82) is 15.8 Å². The van der Waals surface area contributed by atoms with Crippen LogP contribution in [0, 0.1) is 34.0 Å². The van der Waals surface area contributed by atoms with Crippen LogP contribution in [0.3, 0.4) is 0 Å². The Kier molecular flexibility index (Phi) is 5.20. The van der Waals surface area contributed by atoms with Gasteiger partial charge in [-0.1, -0.05) is 30.3 Å². The predicted molar refractivity (Wildman–Crippen MR) is 182 cm³/mol. The zero-order valence-electron chi connectivity index (χ0n) is 23.6. The molecule has 206 valence electrons. The Labute approximate surface area is 260 Å². The number of hydrogen-bond acceptors (Lipinski definition) is 4. The van der Waals surface area contributed by atoms with Crippen molar-refractivity contribution in [2.24, 2.45) is 0 Å². The summed E-state index contributed by atoms with van der Waals surface area (Å²) in [6.45, 7) is 0. The van der Waals surface area contributed by atoms with Gasteiger partial charge < -0.3 is 9.13 Å². The minimum Gasteiger partial charge on any atom is -0.309 e. The minimum absolute atomic E-state index is 0.576. The molecule has 0 aliphatic rings. The Balaban J connectivity index is 1.40. The fourth-order valence-corrected chi connectivity index (χ4v) is 7.97. The van der Waals surface area contributed by atoms with Gasteiger partial charge in [-0.2, -0.15) is 15.8 Å². The number of aromatic nitrogens is 2. The Morgan fingerprint density at radius 3 is 1.62 bits per heavy atom. The molecule has 0 amide bonds. The second-order valence-corrected chi connectivity index (χ2v) is 12.2. The van der Waals surface area contributed by atoms with E-state index in [-0.39, 0.29) is 0 Å². The van der Waals surface area contributed by atoms with Crippen LogP contribution in [0.2, 0.25) is 0 Å². The van der Waals surface area contributed by atoms with Crippen molar-refractivity contribution in [2.75, 3.05) is 0 Å². The van der Waals surface area contributed by atoms with Gasteiger partial charge in [-0.15, -0.1) is 11.3 Å². The van der Waals surface area contributed by atoms with Gasteiger partial charge in [-0.3, -0.25) is 0 Å². The third kappa shape index (κ3) is 3.51. The highest BCUT2D eigenvalue weighted by molar-refractivity contribution is 7.26. The number of benzene rings is 6. The molecule has 9 aromatic rings. The zero-order valence-corrected chi connectivity index (χ0v) is 24.4. The Morgan fingerprint density at radius 1 is 0.444 bits per heavy atom. The normalized spacial score (nSPS) is 11.5. The topological polar surface area (TPSA) is 81.2 Å². The molecule has 0 aliphatic carbocycles. The van der Waals surface area contributed by atoms with E-state index < -0.39 is 0 Å². The number of nitrogens with zero attached hydrogens (tertiary/aromatic N) is 5. The molecule has 0 spiro atoms. The molecular weight excluding hydrogens is 571 g/mol. The number of nitriles is 3. The van der Waals surface area contributed by atoms with E-state index in [1.165, 1.54) is 20.2 Å². The van der Waals surface area contributed by atoms with E-state index in [0.717, 1.165) is 55.0 Å². The van der Waals surface area contributed by atoms with Gasteiger partial charge in [0.1, 0.15) is 0 Å². The number of rotatable bonds is 2. The van der Waals surface area contributed by atoms with Gasteiger partial charge in [0.25, 0.3) is 0 Å². The van der Waals surface area contributed by atoms with E-state index in [1.807, 2.05) is 54.6 Å². The Hall–Kier alpha value is -6.39. The molecule has 0 saturated carbocycles. The number of hydrogen-bond donors (Lipinski definition) is 0. The summed E-state index contributed by atoms with van der Waals surface area (Å²) in [5.41, 5.74) is 7.81. The van der Waals surface area contributed by atoms with Crippen LogP contribution in [0.1, 0.15) is 16.7 Å². The maximum atomic E-state index is 9.76. The van der Waals surface area contributed by atoms with E-state index in [9.17, 15) is 15.8 Å². The van der Waals surface area contributed by atoms with Gasteiger partial charge in [0.15, 0.2) is 0 Å². The molecule has 0 aliphatic heterocycles. The molecule has 6 heteroatoms. The maximum absolute atomic E-state index is 9.76. The van der Waals surface area contributed by atoms with E-state index in [0.29, 0.717) is 16.7 Å². The van der Waals surface area contributed by atoms with Crippen molar-refractivity contribution in [3.63, 3.8) is 0 Å². The van der Waals surface area contributed by atoms with Crippen molar-refractivity contribution in [1.82, 2.24) is 9.13 Å². The lowest BCUT2D eigenvalue weighted by Gasteiger charge is -2.13. The van der Waals surface area contributed by atoms with Crippen molar-refractivity contribution >= 4 is 75.1 Å². The van der Waals surface area contributed by atoms with E-state index in [2.05, 4.69) is 88.0 Å². The molecule has 0 unspecified atom stereocenters. The summed E-state index contributed by atoms with van der Waals surface area (Å²) >= 11 is 1.79. The summed E-state index contributed by atoms with van der Waals surface area (Å²) in [4.78, 5) is 0. The maximum Gasteiger partial charge on any atom is 0.0991 e. The smallest absolute Gasteiger partial charge is 0.0991 e. The van der Waals surface area contributed by atoms with Gasteiger partial charge in [0.2, 0.25) is 0 Å². The Bertz CT molecular complexity index is 2790. The molecule has 5 nitrogen and oxygen atoms in total. The zero-order chi connectivity index (χ0) is 30.2. The molecule has 0 atom stereocenters. The van der Waals surface area contributed by atoms with Gasteiger partial charge in [-0.05, 0) is 84.9 Å². The van der Waals surface area contributed by atoms with Crippen LogP contribution < -0.4 is 0 Å². The molecule has 0 fully saturated rings. The van der Waals surface area contributed by atoms with Gasteiger partial charge in [0, 0.05) is 53.1 Å². The lowest BCUT2D eigenvalue weighted by molar-refractivity contribution is 1.14. The summed E-state index contributed by atoms with van der Waals surface area (Å²) in [6, 6.07) is 45.6. The predicted octanol–water partition coefficient (Wildman–Crippen LogP) is 9.86. The molecule has 0 N–H and O–H groups in total. The fourth-order valence-electron chi connectivity index (χ4n) is 6.86. The first-order chi connectivity index (χ1) is 22.2. The van der Waals surface area contributed by atoms with Crippen LogP contribution in [0.4, 0.5) is 0 Å². The third-order valence-corrected chi connectivity index (χ3v) is 9.90. The van der Waals surface area contributed by atoms with E-state index in [4.69, 9.17) is 0 Å². The summed E-state index contributed by atoms with van der Waals surface area (Å²) in [5, 5.41) is 35.5. The first-order valence-corrected chi connectivity index (χ1v) is 15.3. The molecule has 0 bridgehead atoms. The first kappa shape index (κ1) is 25.1. The lowest BCUT2D eigenvalue weighted by Crippen LogP contribution is -1.99. The van der Waals surface area contributed by atoms with Crippen LogP contribution in [0.15, 0.2) is 115 Å². The molecule has 3 aromatic heterocycles. The second kappa shape index (κ2) is 9.30. The van der Waals surface area contributed by atoms with Gasteiger partial charge in [-0.25, -0.2) is 0 Å². The average Bonchev–Trinajstić information content (AvgIpc) is 3.74. The highest BCUT2D eigenvalue weighted by Crippen LogP contribution is 2.43. The largest absolute Gasteiger partial charge is 0.309 e. The molecule has 0 radical (unpaired) electrons. The van der Waals surface area contributed by atoms with E-state index in [1.54, 1.807) is 11.3 Å². The molecule has 0 saturated heterocycles. The molecule has 9 rings (SSSR count). The molecular formula is C39H19N5S. The minimum atomic E-state index is 0.576. The molecule has 6 aromatic carbocycles. The van der Waals surface area contributed by atoms with Crippen LogP contribution >= 0.6 is 11.3 Å². The van der Waals surface area contributed by atoms with Crippen LogP contribution in [0.5, 0.6) is 0 Å². The summed E-state index contributed by atoms with van der Waals surface area (Å²) < 4.78 is 6.98. The van der Waals surface area contributed by atoms with Crippen molar-refractivity contribution in [3.8, 4) is 29.6 Å².